The summed E-state index contributed by atoms with van der Waals surface area (Å²) < 4.78 is 5.23. The number of hydrogen-bond acceptors (Lipinski definition) is 6. The smallest absolute Gasteiger partial charge is 0.265 e. The molecule has 0 radical (unpaired) electrons. The highest BCUT2D eigenvalue weighted by atomic mass is 32.1. The van der Waals surface area contributed by atoms with E-state index in [4.69, 9.17) is 4.74 Å². The molecule has 31 heavy (non-hydrogen) atoms. The Hall–Kier alpha value is -3.39. The van der Waals surface area contributed by atoms with Crippen LogP contribution in [0.2, 0.25) is 0 Å². The molecule has 3 aromatic rings. The first-order valence-corrected chi connectivity index (χ1v) is 11.0. The summed E-state index contributed by atoms with van der Waals surface area (Å²) in [6.45, 7) is 2.83. The molecule has 1 saturated heterocycles. The standard InChI is InChI=1S/C23H24N4O3S/c1-30-19-6-2-5-17(15-19)23(29)27-11-4-10-26(12-13-27)21-9-8-18(16-24-21)25-22(28)20-7-3-14-31-20/h2-3,5-9,14-16H,4,10-13H2,1H3,(H,25,28). The van der Waals surface area contributed by atoms with Crippen molar-refractivity contribution in [1.82, 2.24) is 9.88 Å². The zero-order valence-corrected chi connectivity index (χ0v) is 18.1. The number of amides is 2. The molecule has 1 aromatic carbocycles. The molecule has 3 heterocycles. The van der Waals surface area contributed by atoms with Crippen LogP contribution in [0.3, 0.4) is 0 Å². The van der Waals surface area contributed by atoms with E-state index >= 15 is 0 Å². The second kappa shape index (κ2) is 9.61. The van der Waals surface area contributed by atoms with Crippen LogP contribution in [0, 0.1) is 0 Å². The van der Waals surface area contributed by atoms with Gasteiger partial charge in [-0.25, -0.2) is 4.98 Å². The highest BCUT2D eigenvalue weighted by molar-refractivity contribution is 7.12. The van der Waals surface area contributed by atoms with Crippen molar-refractivity contribution >= 4 is 34.7 Å². The monoisotopic (exact) mass is 436 g/mol. The highest BCUT2D eigenvalue weighted by Crippen LogP contribution is 2.20. The lowest BCUT2D eigenvalue weighted by atomic mass is 10.2. The average molecular weight is 437 g/mol. The molecule has 0 saturated carbocycles. The molecule has 0 unspecified atom stereocenters. The van der Waals surface area contributed by atoms with Gasteiger partial charge in [0.1, 0.15) is 11.6 Å². The van der Waals surface area contributed by atoms with E-state index in [1.54, 1.807) is 25.4 Å². The van der Waals surface area contributed by atoms with Crippen molar-refractivity contribution in [3.8, 4) is 5.75 Å². The number of anilines is 2. The minimum atomic E-state index is -0.133. The van der Waals surface area contributed by atoms with E-state index in [1.807, 2.05) is 46.7 Å². The first-order valence-electron chi connectivity index (χ1n) is 10.1. The molecule has 1 aliphatic heterocycles. The predicted molar refractivity (Wildman–Crippen MR) is 122 cm³/mol. The Balaban J connectivity index is 1.37. The van der Waals surface area contributed by atoms with Gasteiger partial charge in [-0.2, -0.15) is 0 Å². The van der Waals surface area contributed by atoms with Crippen LogP contribution in [-0.2, 0) is 0 Å². The number of carbonyl (C=O) groups excluding carboxylic acids is 2. The summed E-state index contributed by atoms with van der Waals surface area (Å²) in [5.74, 6) is 1.40. The van der Waals surface area contributed by atoms with Crippen LogP contribution < -0.4 is 15.0 Å². The van der Waals surface area contributed by atoms with Crippen LogP contribution in [0.4, 0.5) is 11.5 Å². The summed E-state index contributed by atoms with van der Waals surface area (Å²) in [6, 6.07) is 14.7. The molecule has 2 aromatic heterocycles. The SMILES string of the molecule is COc1cccc(C(=O)N2CCCN(c3ccc(NC(=O)c4cccs4)cn3)CC2)c1. The summed E-state index contributed by atoms with van der Waals surface area (Å²) >= 11 is 1.40. The van der Waals surface area contributed by atoms with Gasteiger partial charge in [0.15, 0.2) is 0 Å². The van der Waals surface area contributed by atoms with Gasteiger partial charge >= 0.3 is 0 Å². The first kappa shape index (κ1) is 20.9. The summed E-state index contributed by atoms with van der Waals surface area (Å²) in [6.07, 6.45) is 2.53. The van der Waals surface area contributed by atoms with Gasteiger partial charge in [0.25, 0.3) is 11.8 Å². The van der Waals surface area contributed by atoms with E-state index in [9.17, 15) is 9.59 Å². The van der Waals surface area contributed by atoms with Crippen LogP contribution in [-0.4, -0.2) is 55.0 Å². The maximum absolute atomic E-state index is 12.9. The van der Waals surface area contributed by atoms with E-state index in [1.165, 1.54) is 11.3 Å². The van der Waals surface area contributed by atoms with Crippen molar-refractivity contribution in [2.24, 2.45) is 0 Å². The molecular formula is C23H24N4O3S. The van der Waals surface area contributed by atoms with E-state index in [0.29, 0.717) is 41.5 Å². The molecule has 0 atom stereocenters. The molecule has 1 fully saturated rings. The largest absolute Gasteiger partial charge is 0.497 e. The Kier molecular flexibility index (Phi) is 6.47. The molecule has 0 spiro atoms. The fourth-order valence-electron chi connectivity index (χ4n) is 3.54. The molecule has 0 aliphatic carbocycles. The molecule has 0 bridgehead atoms. The van der Waals surface area contributed by atoms with Gasteiger partial charge in [0.05, 0.1) is 23.9 Å². The average Bonchev–Trinajstić information content (AvgIpc) is 3.24. The van der Waals surface area contributed by atoms with Crippen molar-refractivity contribution < 1.29 is 14.3 Å². The topological polar surface area (TPSA) is 74.8 Å². The molecule has 160 valence electrons. The Bertz CT molecular complexity index is 1040. The normalized spacial score (nSPS) is 14.1. The Morgan fingerprint density at radius 2 is 1.97 bits per heavy atom. The van der Waals surface area contributed by atoms with Gasteiger partial charge in [-0.05, 0) is 48.2 Å². The second-order valence-electron chi connectivity index (χ2n) is 7.20. The minimum absolute atomic E-state index is 0.0142. The van der Waals surface area contributed by atoms with Gasteiger partial charge in [0, 0.05) is 31.7 Å². The number of ether oxygens (including phenoxy) is 1. The molecule has 4 rings (SSSR count). The van der Waals surface area contributed by atoms with E-state index in [-0.39, 0.29) is 11.8 Å². The second-order valence-corrected chi connectivity index (χ2v) is 8.15. The van der Waals surface area contributed by atoms with E-state index in [0.717, 1.165) is 18.8 Å². The summed E-state index contributed by atoms with van der Waals surface area (Å²) in [4.78, 5) is 34.3. The van der Waals surface area contributed by atoms with Crippen LogP contribution in [0.1, 0.15) is 26.5 Å². The van der Waals surface area contributed by atoms with E-state index < -0.39 is 0 Å². The molecular weight excluding hydrogens is 412 g/mol. The lowest BCUT2D eigenvalue weighted by Crippen LogP contribution is -2.35. The minimum Gasteiger partial charge on any atom is -0.497 e. The fourth-order valence-corrected chi connectivity index (χ4v) is 4.15. The number of nitrogens with one attached hydrogen (secondary N) is 1. The van der Waals surface area contributed by atoms with Crippen LogP contribution >= 0.6 is 11.3 Å². The summed E-state index contributed by atoms with van der Waals surface area (Å²) in [5, 5.41) is 4.74. The molecule has 1 N–H and O–H groups in total. The molecule has 8 heteroatoms. The van der Waals surface area contributed by atoms with Gasteiger partial charge in [-0.3, -0.25) is 9.59 Å². The molecule has 2 amide bonds. The lowest BCUT2D eigenvalue weighted by molar-refractivity contribution is 0.0766. The zero-order valence-electron chi connectivity index (χ0n) is 17.3. The van der Waals surface area contributed by atoms with Crippen LogP contribution in [0.15, 0.2) is 60.1 Å². The summed E-state index contributed by atoms with van der Waals surface area (Å²) in [5.41, 5.74) is 1.29. The highest BCUT2D eigenvalue weighted by Gasteiger charge is 2.21. The van der Waals surface area contributed by atoms with Crippen molar-refractivity contribution in [2.75, 3.05) is 43.5 Å². The summed E-state index contributed by atoms with van der Waals surface area (Å²) in [7, 11) is 1.60. The number of benzene rings is 1. The Labute approximate surface area is 185 Å². The number of carbonyl (C=O) groups is 2. The zero-order chi connectivity index (χ0) is 21.6. The number of nitrogens with zero attached hydrogens (tertiary/aromatic N) is 3. The third kappa shape index (κ3) is 5.03. The third-order valence-corrected chi connectivity index (χ3v) is 6.04. The number of hydrogen-bond donors (Lipinski definition) is 1. The van der Waals surface area contributed by atoms with Gasteiger partial charge in [0.2, 0.25) is 0 Å². The number of thiophene rings is 1. The van der Waals surface area contributed by atoms with Crippen LogP contribution in [0.25, 0.3) is 0 Å². The Morgan fingerprint density at radius 1 is 1.06 bits per heavy atom. The van der Waals surface area contributed by atoms with Crippen molar-refractivity contribution in [3.63, 3.8) is 0 Å². The van der Waals surface area contributed by atoms with Gasteiger partial charge < -0.3 is 19.9 Å². The quantitative estimate of drug-likeness (QED) is 0.659. The number of methoxy groups -OCH3 is 1. The van der Waals surface area contributed by atoms with Gasteiger partial charge in [-0.1, -0.05) is 12.1 Å². The maximum atomic E-state index is 12.9. The van der Waals surface area contributed by atoms with Crippen LogP contribution in [0.5, 0.6) is 5.75 Å². The number of rotatable bonds is 5. The molecule has 1 aliphatic rings. The van der Waals surface area contributed by atoms with Gasteiger partial charge in [-0.15, -0.1) is 11.3 Å². The Morgan fingerprint density at radius 3 is 2.71 bits per heavy atom. The lowest BCUT2D eigenvalue weighted by Gasteiger charge is -2.23. The predicted octanol–water partition coefficient (Wildman–Crippen LogP) is 3.76. The fraction of sp³-hybridized carbons (Fsp3) is 0.261. The number of aromatic nitrogens is 1. The van der Waals surface area contributed by atoms with Crippen molar-refractivity contribution in [3.05, 3.63) is 70.5 Å². The first-order chi connectivity index (χ1) is 15.1. The van der Waals surface area contributed by atoms with Crippen molar-refractivity contribution in [1.29, 1.82) is 0 Å². The third-order valence-electron chi connectivity index (χ3n) is 5.17. The van der Waals surface area contributed by atoms with E-state index in [2.05, 4.69) is 15.2 Å². The molecule has 7 nitrogen and oxygen atoms in total. The number of pyridine rings is 1. The van der Waals surface area contributed by atoms with Crippen molar-refractivity contribution in [2.45, 2.75) is 6.42 Å². The maximum Gasteiger partial charge on any atom is 0.265 e.